The number of aromatic nitrogens is 4. The number of fused-ring (bicyclic) bond motifs is 1. The van der Waals surface area contributed by atoms with E-state index >= 15 is 0 Å². The monoisotopic (exact) mass is 540 g/mol. The number of hydrogen-bond acceptors (Lipinski definition) is 7. The third kappa shape index (κ3) is 5.65. The number of nitrogens with zero attached hydrogens (tertiary/aromatic N) is 6. The topological polar surface area (TPSA) is 118 Å². The highest BCUT2D eigenvalue weighted by Gasteiger charge is 2.30. The van der Waals surface area contributed by atoms with Crippen molar-refractivity contribution in [1.29, 1.82) is 0 Å². The van der Waals surface area contributed by atoms with Crippen LogP contribution >= 0.6 is 0 Å². The Balaban J connectivity index is 1.13. The SMILES string of the molecule is O=C(NCc1cccnc1)Nc1ccc(-n2nc(C(=O)N3CCC(N4CCOCC4)CC3)c3cccnc32)cc1. The zero-order valence-corrected chi connectivity index (χ0v) is 22.2. The maximum Gasteiger partial charge on any atom is 0.319 e. The predicted octanol–water partition coefficient (Wildman–Crippen LogP) is 3.07. The standard InChI is InChI=1S/C29H32N8O3/c38-28(36-13-9-23(10-14-36)35-15-17-40-18-16-35)26-25-4-2-12-31-27(25)37(34-26)24-7-5-22(6-8-24)33-29(39)32-20-21-3-1-11-30-19-21/h1-8,11-12,19,23H,9-10,13-18,20H2,(H2,32,33,39). The van der Waals surface area contributed by atoms with Gasteiger partial charge >= 0.3 is 6.03 Å². The Kier molecular flexibility index (Phi) is 7.64. The normalized spacial score (nSPS) is 16.6. The Labute approximate surface area is 232 Å². The Morgan fingerprint density at radius 1 is 0.950 bits per heavy atom. The second-order valence-corrected chi connectivity index (χ2v) is 10.0. The summed E-state index contributed by atoms with van der Waals surface area (Å²) in [7, 11) is 0. The van der Waals surface area contributed by atoms with E-state index in [2.05, 4.69) is 25.5 Å². The lowest BCUT2D eigenvalue weighted by Gasteiger charge is -2.39. The molecule has 206 valence electrons. The molecule has 2 aliphatic heterocycles. The highest BCUT2D eigenvalue weighted by atomic mass is 16.5. The van der Waals surface area contributed by atoms with Crippen LogP contribution in [0.4, 0.5) is 10.5 Å². The van der Waals surface area contributed by atoms with E-state index in [1.165, 1.54) is 0 Å². The fraction of sp³-hybridized carbons (Fsp3) is 0.345. The summed E-state index contributed by atoms with van der Waals surface area (Å²) in [6, 6.07) is 14.9. The molecule has 11 heteroatoms. The van der Waals surface area contributed by atoms with Crippen molar-refractivity contribution in [2.24, 2.45) is 0 Å². The maximum atomic E-state index is 13.6. The van der Waals surface area contributed by atoms with E-state index in [9.17, 15) is 9.59 Å². The van der Waals surface area contributed by atoms with Gasteiger partial charge in [-0.2, -0.15) is 5.10 Å². The van der Waals surface area contributed by atoms with E-state index in [1.807, 2.05) is 41.3 Å². The molecule has 2 fully saturated rings. The average molecular weight is 541 g/mol. The smallest absolute Gasteiger partial charge is 0.319 e. The van der Waals surface area contributed by atoms with Gasteiger partial charge < -0.3 is 20.3 Å². The molecular formula is C29H32N8O3. The van der Waals surface area contributed by atoms with Gasteiger partial charge in [0.05, 0.1) is 24.3 Å². The number of anilines is 1. The van der Waals surface area contributed by atoms with Crippen molar-refractivity contribution in [2.45, 2.75) is 25.4 Å². The van der Waals surface area contributed by atoms with Crippen LogP contribution in [0.5, 0.6) is 0 Å². The number of rotatable bonds is 6. The van der Waals surface area contributed by atoms with Gasteiger partial charge in [-0.3, -0.25) is 14.7 Å². The van der Waals surface area contributed by atoms with Gasteiger partial charge in [0.25, 0.3) is 5.91 Å². The molecular weight excluding hydrogens is 508 g/mol. The van der Waals surface area contributed by atoms with Gasteiger partial charge in [-0.15, -0.1) is 0 Å². The van der Waals surface area contributed by atoms with Crippen molar-refractivity contribution in [2.75, 3.05) is 44.7 Å². The van der Waals surface area contributed by atoms with Gasteiger partial charge in [-0.1, -0.05) is 6.07 Å². The Morgan fingerprint density at radius 3 is 2.48 bits per heavy atom. The predicted molar refractivity (Wildman–Crippen MR) is 150 cm³/mol. The molecule has 11 nitrogen and oxygen atoms in total. The van der Waals surface area contributed by atoms with Crippen molar-refractivity contribution >= 4 is 28.7 Å². The van der Waals surface area contributed by atoms with Crippen LogP contribution in [0.1, 0.15) is 28.9 Å². The zero-order valence-electron chi connectivity index (χ0n) is 22.2. The van der Waals surface area contributed by atoms with E-state index in [0.29, 0.717) is 42.7 Å². The number of hydrogen-bond donors (Lipinski definition) is 2. The molecule has 0 atom stereocenters. The fourth-order valence-corrected chi connectivity index (χ4v) is 5.36. The van der Waals surface area contributed by atoms with Crippen molar-refractivity contribution in [1.82, 2.24) is 34.9 Å². The average Bonchev–Trinajstić information content (AvgIpc) is 3.41. The molecule has 3 aromatic heterocycles. The first kappa shape index (κ1) is 25.9. The van der Waals surface area contributed by atoms with E-state index in [1.54, 1.807) is 35.4 Å². The minimum absolute atomic E-state index is 0.0687. The first-order valence-electron chi connectivity index (χ1n) is 13.6. The molecule has 0 bridgehead atoms. The van der Waals surface area contributed by atoms with Gasteiger partial charge in [0.15, 0.2) is 11.3 Å². The van der Waals surface area contributed by atoms with Crippen molar-refractivity contribution in [3.05, 3.63) is 78.4 Å². The largest absolute Gasteiger partial charge is 0.379 e. The van der Waals surface area contributed by atoms with Gasteiger partial charge in [-0.05, 0) is 60.9 Å². The van der Waals surface area contributed by atoms with Crippen LogP contribution in [0.15, 0.2) is 67.1 Å². The first-order valence-corrected chi connectivity index (χ1v) is 13.6. The fourth-order valence-electron chi connectivity index (χ4n) is 5.36. The van der Waals surface area contributed by atoms with Crippen molar-refractivity contribution < 1.29 is 14.3 Å². The van der Waals surface area contributed by atoms with Crippen LogP contribution in [0.2, 0.25) is 0 Å². The van der Waals surface area contributed by atoms with Gasteiger partial charge in [-0.25, -0.2) is 14.5 Å². The first-order chi connectivity index (χ1) is 19.7. The number of amides is 3. The molecule has 0 aliphatic carbocycles. The van der Waals surface area contributed by atoms with Crippen LogP contribution in [0.25, 0.3) is 16.7 Å². The molecule has 0 unspecified atom stereocenters. The van der Waals surface area contributed by atoms with E-state index in [-0.39, 0.29) is 11.9 Å². The van der Waals surface area contributed by atoms with Crippen LogP contribution in [-0.2, 0) is 11.3 Å². The van der Waals surface area contributed by atoms with Gasteiger partial charge in [0, 0.05) is 63.0 Å². The summed E-state index contributed by atoms with van der Waals surface area (Å²) in [5, 5.41) is 11.1. The summed E-state index contributed by atoms with van der Waals surface area (Å²) in [6.45, 7) is 5.28. The van der Waals surface area contributed by atoms with E-state index < -0.39 is 0 Å². The number of nitrogens with one attached hydrogen (secondary N) is 2. The summed E-state index contributed by atoms with van der Waals surface area (Å²) in [5.74, 6) is -0.0687. The minimum Gasteiger partial charge on any atom is -0.379 e. The summed E-state index contributed by atoms with van der Waals surface area (Å²) in [6.07, 6.45) is 7.01. The molecule has 2 saturated heterocycles. The number of pyridine rings is 2. The van der Waals surface area contributed by atoms with Gasteiger partial charge in [0.2, 0.25) is 0 Å². The highest BCUT2D eigenvalue weighted by Crippen LogP contribution is 2.25. The molecule has 0 radical (unpaired) electrons. The third-order valence-corrected chi connectivity index (χ3v) is 7.50. The third-order valence-electron chi connectivity index (χ3n) is 7.50. The lowest BCUT2D eigenvalue weighted by molar-refractivity contribution is 0.00154. The summed E-state index contributed by atoms with van der Waals surface area (Å²) in [5.41, 5.74) is 3.32. The Bertz CT molecular complexity index is 1460. The van der Waals surface area contributed by atoms with Crippen LogP contribution < -0.4 is 10.6 Å². The second kappa shape index (κ2) is 11.8. The number of morpholine rings is 1. The molecule has 5 heterocycles. The summed E-state index contributed by atoms with van der Waals surface area (Å²) >= 11 is 0. The molecule has 3 amide bonds. The van der Waals surface area contributed by atoms with Crippen LogP contribution in [0, 0.1) is 0 Å². The number of likely N-dealkylation sites (tertiary alicyclic amines) is 1. The molecule has 4 aromatic rings. The van der Waals surface area contributed by atoms with Crippen molar-refractivity contribution in [3.8, 4) is 5.69 Å². The number of ether oxygens (including phenoxy) is 1. The van der Waals surface area contributed by atoms with Crippen LogP contribution in [-0.4, -0.2) is 86.9 Å². The second-order valence-electron chi connectivity index (χ2n) is 10.0. The highest BCUT2D eigenvalue weighted by molar-refractivity contribution is 6.04. The van der Waals surface area contributed by atoms with Crippen molar-refractivity contribution in [3.63, 3.8) is 0 Å². The summed E-state index contributed by atoms with van der Waals surface area (Å²) < 4.78 is 7.18. The Hall–Kier alpha value is -4.35. The summed E-state index contributed by atoms with van der Waals surface area (Å²) in [4.78, 5) is 38.9. The lowest BCUT2D eigenvalue weighted by atomic mass is 10.0. The van der Waals surface area contributed by atoms with Crippen LogP contribution in [0.3, 0.4) is 0 Å². The number of carbonyl (C=O) groups excluding carboxylic acids is 2. The quantitative estimate of drug-likeness (QED) is 0.386. The molecule has 40 heavy (non-hydrogen) atoms. The van der Waals surface area contributed by atoms with E-state index in [0.717, 1.165) is 55.8 Å². The minimum atomic E-state index is -0.312. The lowest BCUT2D eigenvalue weighted by Crippen LogP contribution is -2.50. The molecule has 1 aromatic carbocycles. The Morgan fingerprint density at radius 2 is 1.73 bits per heavy atom. The maximum absolute atomic E-state index is 13.6. The van der Waals surface area contributed by atoms with E-state index in [4.69, 9.17) is 9.84 Å². The number of carbonyl (C=O) groups is 2. The number of piperidine rings is 1. The molecule has 6 rings (SSSR count). The molecule has 0 spiro atoms. The number of urea groups is 1. The molecule has 2 aliphatic rings. The number of benzene rings is 1. The zero-order chi connectivity index (χ0) is 27.3. The molecule has 0 saturated carbocycles. The molecule has 2 N–H and O–H groups in total. The van der Waals surface area contributed by atoms with Gasteiger partial charge in [0.1, 0.15) is 0 Å².